The highest BCUT2D eigenvalue weighted by atomic mass is 19.4. The van der Waals surface area contributed by atoms with Gasteiger partial charge in [-0.3, -0.25) is 0 Å². The van der Waals surface area contributed by atoms with Gasteiger partial charge in [0.1, 0.15) is 0 Å². The fourth-order valence-corrected chi connectivity index (χ4v) is 5.87. The van der Waals surface area contributed by atoms with Crippen molar-refractivity contribution in [3.63, 3.8) is 0 Å². The molecule has 0 spiro atoms. The standard InChI is InChI=1S/C25H45F3/c1-2-3-4-5-6-7-10-21-12-16-23(17-13-21)24-18-14-22(15-19-24)11-8-9-20-25(26,27)28/h21-24H,2-20H2,1H3. The molecule has 0 radical (unpaired) electrons. The smallest absolute Gasteiger partial charge is 0.171 e. The van der Waals surface area contributed by atoms with Gasteiger partial charge < -0.3 is 0 Å². The molecule has 0 amide bonds. The van der Waals surface area contributed by atoms with Crippen molar-refractivity contribution in [1.82, 2.24) is 0 Å². The monoisotopic (exact) mass is 402 g/mol. The number of halogens is 3. The van der Waals surface area contributed by atoms with Crippen molar-refractivity contribution in [2.24, 2.45) is 23.7 Å². The van der Waals surface area contributed by atoms with Gasteiger partial charge in [-0.15, -0.1) is 0 Å². The third-order valence-electron chi connectivity index (χ3n) is 7.74. The van der Waals surface area contributed by atoms with E-state index in [4.69, 9.17) is 0 Å². The van der Waals surface area contributed by atoms with Crippen molar-refractivity contribution in [3.8, 4) is 0 Å². The molecule has 0 aromatic carbocycles. The van der Waals surface area contributed by atoms with E-state index in [0.29, 0.717) is 12.3 Å². The fraction of sp³-hybridized carbons (Fsp3) is 1.00. The molecule has 2 saturated carbocycles. The number of alkyl halides is 3. The maximum atomic E-state index is 12.2. The largest absolute Gasteiger partial charge is 0.389 e. The van der Waals surface area contributed by atoms with Crippen LogP contribution in [0.1, 0.15) is 129 Å². The molecule has 0 nitrogen and oxygen atoms in total. The van der Waals surface area contributed by atoms with E-state index in [1.165, 1.54) is 96.3 Å². The summed E-state index contributed by atoms with van der Waals surface area (Å²) >= 11 is 0. The Morgan fingerprint density at radius 3 is 1.46 bits per heavy atom. The quantitative estimate of drug-likeness (QED) is 0.285. The van der Waals surface area contributed by atoms with Crippen molar-refractivity contribution < 1.29 is 13.2 Å². The minimum absolute atomic E-state index is 0.325. The Morgan fingerprint density at radius 2 is 1.00 bits per heavy atom. The maximum absolute atomic E-state index is 12.2. The van der Waals surface area contributed by atoms with Crippen molar-refractivity contribution >= 4 is 0 Å². The average Bonchev–Trinajstić information content (AvgIpc) is 2.68. The molecule has 0 heterocycles. The van der Waals surface area contributed by atoms with Crippen LogP contribution >= 0.6 is 0 Å². The normalized spacial score (nSPS) is 29.1. The van der Waals surface area contributed by atoms with E-state index in [2.05, 4.69) is 6.92 Å². The third kappa shape index (κ3) is 10.0. The summed E-state index contributed by atoms with van der Waals surface area (Å²) in [5.41, 5.74) is 0. The summed E-state index contributed by atoms with van der Waals surface area (Å²) < 4.78 is 36.7. The van der Waals surface area contributed by atoms with Crippen LogP contribution in [0.4, 0.5) is 13.2 Å². The van der Waals surface area contributed by atoms with Gasteiger partial charge in [-0.25, -0.2) is 0 Å². The van der Waals surface area contributed by atoms with Gasteiger partial charge in [-0.2, -0.15) is 13.2 Å². The van der Waals surface area contributed by atoms with Crippen LogP contribution in [0.3, 0.4) is 0 Å². The molecule has 3 heteroatoms. The first kappa shape index (κ1) is 24.1. The first-order valence-corrected chi connectivity index (χ1v) is 12.5. The van der Waals surface area contributed by atoms with E-state index in [0.717, 1.165) is 30.6 Å². The highest BCUT2D eigenvalue weighted by Crippen LogP contribution is 2.43. The number of hydrogen-bond acceptors (Lipinski definition) is 0. The maximum Gasteiger partial charge on any atom is 0.389 e. The summed E-state index contributed by atoms with van der Waals surface area (Å²) in [4.78, 5) is 0. The van der Waals surface area contributed by atoms with E-state index in [1.807, 2.05) is 0 Å². The number of hydrogen-bond donors (Lipinski definition) is 0. The molecule has 2 aliphatic carbocycles. The molecule has 0 aromatic heterocycles. The van der Waals surface area contributed by atoms with Gasteiger partial charge in [0.2, 0.25) is 0 Å². The summed E-state index contributed by atoms with van der Waals surface area (Å²) in [6, 6.07) is 0. The third-order valence-corrected chi connectivity index (χ3v) is 7.74. The van der Waals surface area contributed by atoms with Crippen LogP contribution < -0.4 is 0 Å². The fourth-order valence-electron chi connectivity index (χ4n) is 5.87. The minimum atomic E-state index is -3.97. The summed E-state index contributed by atoms with van der Waals surface area (Å²) in [6.07, 6.45) is 18.5. The highest BCUT2D eigenvalue weighted by Gasteiger charge is 2.31. The van der Waals surface area contributed by atoms with E-state index in [9.17, 15) is 13.2 Å². The first-order valence-electron chi connectivity index (χ1n) is 12.5. The number of rotatable bonds is 12. The molecule has 0 aromatic rings. The Balaban J connectivity index is 1.50. The molecule has 0 aliphatic heterocycles. The second-order valence-electron chi connectivity index (χ2n) is 9.98. The Bertz CT molecular complexity index is 374. The zero-order valence-electron chi connectivity index (χ0n) is 18.4. The minimum Gasteiger partial charge on any atom is -0.171 e. The first-order chi connectivity index (χ1) is 13.5. The van der Waals surface area contributed by atoms with Gasteiger partial charge in [-0.05, 0) is 55.8 Å². The van der Waals surface area contributed by atoms with Crippen LogP contribution in [0, 0.1) is 23.7 Å². The SMILES string of the molecule is CCCCCCCCC1CCC(C2CCC(CCCCC(F)(F)F)CC2)CC1. The zero-order valence-corrected chi connectivity index (χ0v) is 18.4. The molecule has 0 saturated heterocycles. The van der Waals surface area contributed by atoms with Gasteiger partial charge in [-0.1, -0.05) is 90.4 Å². The van der Waals surface area contributed by atoms with Crippen molar-refractivity contribution in [1.29, 1.82) is 0 Å². The molecular weight excluding hydrogens is 357 g/mol. The van der Waals surface area contributed by atoms with E-state index < -0.39 is 12.6 Å². The van der Waals surface area contributed by atoms with Crippen LogP contribution in [-0.2, 0) is 0 Å². The van der Waals surface area contributed by atoms with Crippen molar-refractivity contribution in [2.45, 2.75) is 135 Å². The van der Waals surface area contributed by atoms with E-state index in [1.54, 1.807) is 0 Å². The van der Waals surface area contributed by atoms with Gasteiger partial charge in [0.05, 0.1) is 0 Å². The van der Waals surface area contributed by atoms with Gasteiger partial charge in [0.25, 0.3) is 0 Å². The molecule has 2 rings (SSSR count). The van der Waals surface area contributed by atoms with Crippen LogP contribution in [0.5, 0.6) is 0 Å². The van der Waals surface area contributed by atoms with Crippen molar-refractivity contribution in [2.75, 3.05) is 0 Å². The van der Waals surface area contributed by atoms with E-state index in [-0.39, 0.29) is 0 Å². The Kier molecular flexibility index (Phi) is 11.3. The molecule has 0 unspecified atom stereocenters. The second kappa shape index (κ2) is 13.2. The predicted octanol–water partition coefficient (Wildman–Crippen LogP) is 9.47. The van der Waals surface area contributed by atoms with Crippen LogP contribution in [0.2, 0.25) is 0 Å². The van der Waals surface area contributed by atoms with Gasteiger partial charge in [0.15, 0.2) is 0 Å². The predicted molar refractivity (Wildman–Crippen MR) is 113 cm³/mol. The zero-order chi connectivity index (χ0) is 20.2. The lowest BCUT2D eigenvalue weighted by Gasteiger charge is -2.38. The molecule has 28 heavy (non-hydrogen) atoms. The lowest BCUT2D eigenvalue weighted by atomic mass is 9.68. The molecule has 0 N–H and O–H groups in total. The number of unbranched alkanes of at least 4 members (excludes halogenated alkanes) is 6. The lowest BCUT2D eigenvalue weighted by Crippen LogP contribution is -2.26. The Hall–Kier alpha value is -0.210. The van der Waals surface area contributed by atoms with Gasteiger partial charge >= 0.3 is 6.18 Å². The summed E-state index contributed by atoms with van der Waals surface area (Å²) in [5, 5.41) is 0. The molecular formula is C25H45F3. The molecule has 2 fully saturated rings. The van der Waals surface area contributed by atoms with Crippen LogP contribution in [0.25, 0.3) is 0 Å². The highest BCUT2D eigenvalue weighted by molar-refractivity contribution is 4.82. The lowest BCUT2D eigenvalue weighted by molar-refractivity contribution is -0.135. The average molecular weight is 403 g/mol. The molecule has 166 valence electrons. The Morgan fingerprint density at radius 1 is 0.571 bits per heavy atom. The van der Waals surface area contributed by atoms with Gasteiger partial charge in [0, 0.05) is 6.42 Å². The van der Waals surface area contributed by atoms with Crippen molar-refractivity contribution in [3.05, 3.63) is 0 Å². The second-order valence-corrected chi connectivity index (χ2v) is 9.98. The Labute approximate surface area is 172 Å². The summed E-state index contributed by atoms with van der Waals surface area (Å²) in [5.74, 6) is 3.56. The van der Waals surface area contributed by atoms with Crippen LogP contribution in [0.15, 0.2) is 0 Å². The molecule has 0 atom stereocenters. The van der Waals surface area contributed by atoms with Crippen LogP contribution in [-0.4, -0.2) is 6.18 Å². The summed E-state index contributed by atoms with van der Waals surface area (Å²) in [6.45, 7) is 2.28. The molecule has 2 aliphatic rings. The topological polar surface area (TPSA) is 0 Å². The molecule has 0 bridgehead atoms. The summed E-state index contributed by atoms with van der Waals surface area (Å²) in [7, 11) is 0. The van der Waals surface area contributed by atoms with E-state index >= 15 is 0 Å².